The smallest absolute Gasteiger partial charge is 0.234 e. The highest BCUT2D eigenvalue weighted by Gasteiger charge is 2.17. The molecule has 6 heteroatoms. The molecule has 0 unspecified atom stereocenters. The molecule has 2 heterocycles. The number of benzene rings is 2. The van der Waals surface area contributed by atoms with Crippen molar-refractivity contribution in [2.45, 2.75) is 31.7 Å². The predicted octanol–water partition coefficient (Wildman–Crippen LogP) is 5.21. The quantitative estimate of drug-likeness (QED) is 0.440. The van der Waals surface area contributed by atoms with E-state index in [0.29, 0.717) is 11.2 Å². The Morgan fingerprint density at radius 1 is 1.13 bits per heavy atom. The molecule has 0 saturated heterocycles. The molecule has 150 valence electrons. The van der Waals surface area contributed by atoms with Crippen molar-refractivity contribution in [3.8, 4) is 6.07 Å². The molecule has 1 N–H and O–H groups in total. The summed E-state index contributed by atoms with van der Waals surface area (Å²) in [6.45, 7) is 4.13. The van der Waals surface area contributed by atoms with Crippen molar-refractivity contribution in [2.75, 3.05) is 11.1 Å². The highest BCUT2D eigenvalue weighted by Crippen LogP contribution is 2.30. The number of nitrogens with zero attached hydrogens (tertiary/aromatic N) is 3. The van der Waals surface area contributed by atoms with E-state index < -0.39 is 0 Å². The number of carbonyl (C=O) groups excluding carboxylic acids is 1. The molecular formula is C24H22N4OS. The fourth-order valence-electron chi connectivity index (χ4n) is 3.51. The van der Waals surface area contributed by atoms with Crippen molar-refractivity contribution < 1.29 is 4.79 Å². The Morgan fingerprint density at radius 2 is 1.90 bits per heavy atom. The van der Waals surface area contributed by atoms with Gasteiger partial charge in [-0.3, -0.25) is 9.20 Å². The molecule has 4 aromatic rings. The summed E-state index contributed by atoms with van der Waals surface area (Å²) >= 11 is 1.45. The largest absolute Gasteiger partial charge is 0.325 e. The van der Waals surface area contributed by atoms with Crippen molar-refractivity contribution in [2.24, 2.45) is 0 Å². The molecule has 2 aromatic carbocycles. The van der Waals surface area contributed by atoms with Crippen LogP contribution in [0.3, 0.4) is 0 Å². The maximum Gasteiger partial charge on any atom is 0.234 e. The zero-order valence-corrected chi connectivity index (χ0v) is 17.8. The lowest BCUT2D eigenvalue weighted by Crippen LogP contribution is -2.14. The molecule has 30 heavy (non-hydrogen) atoms. The van der Waals surface area contributed by atoms with Gasteiger partial charge >= 0.3 is 0 Å². The number of nitrogens with one attached hydrogen (secondary N) is 1. The molecule has 1 amide bonds. The SMILES string of the molecule is CCc1ccc(NC(=O)CSc2cc(CC)c(C#N)c3nc4ccccc4n23)cc1. The summed E-state index contributed by atoms with van der Waals surface area (Å²) in [7, 11) is 0. The number of anilines is 1. The average Bonchev–Trinajstić information content (AvgIpc) is 3.17. The molecule has 0 atom stereocenters. The third-order valence-corrected chi connectivity index (χ3v) is 6.12. The Bertz CT molecular complexity index is 1270. The fraction of sp³-hybridized carbons (Fsp3) is 0.208. The lowest BCUT2D eigenvalue weighted by molar-refractivity contribution is -0.113. The molecule has 0 aliphatic heterocycles. The molecule has 2 aromatic heterocycles. The second-order valence-electron chi connectivity index (χ2n) is 7.00. The second-order valence-corrected chi connectivity index (χ2v) is 7.99. The summed E-state index contributed by atoms with van der Waals surface area (Å²) in [5.41, 5.74) is 5.99. The minimum atomic E-state index is -0.0655. The lowest BCUT2D eigenvalue weighted by atomic mass is 10.1. The standard InChI is InChI=1S/C24H22N4OS/c1-3-16-9-11-18(12-10-16)26-22(29)15-30-23-13-17(4-2)19(14-25)24-27-20-7-5-6-8-21(20)28(23)24/h5-13H,3-4,15H2,1-2H3,(H,26,29). The van der Waals surface area contributed by atoms with Crippen molar-refractivity contribution in [3.05, 3.63) is 71.3 Å². The number of aryl methyl sites for hydroxylation is 2. The lowest BCUT2D eigenvalue weighted by Gasteiger charge is -2.11. The highest BCUT2D eigenvalue weighted by atomic mass is 32.2. The number of imidazole rings is 1. The van der Waals surface area contributed by atoms with Crippen molar-refractivity contribution in [1.82, 2.24) is 9.38 Å². The highest BCUT2D eigenvalue weighted by molar-refractivity contribution is 7.99. The van der Waals surface area contributed by atoms with E-state index in [9.17, 15) is 10.1 Å². The number of rotatable bonds is 6. The molecule has 0 saturated carbocycles. The first-order chi connectivity index (χ1) is 14.6. The van der Waals surface area contributed by atoms with Crippen molar-refractivity contribution in [1.29, 1.82) is 5.26 Å². The van der Waals surface area contributed by atoms with E-state index in [4.69, 9.17) is 4.98 Å². The van der Waals surface area contributed by atoms with Gasteiger partial charge in [-0.1, -0.05) is 49.9 Å². The predicted molar refractivity (Wildman–Crippen MR) is 122 cm³/mol. The molecule has 0 radical (unpaired) electrons. The van der Waals surface area contributed by atoms with Gasteiger partial charge in [-0.25, -0.2) is 4.98 Å². The first-order valence-corrected chi connectivity index (χ1v) is 11.0. The molecule has 0 aliphatic rings. The Kier molecular flexibility index (Phi) is 5.73. The van der Waals surface area contributed by atoms with Crippen molar-refractivity contribution in [3.63, 3.8) is 0 Å². The van der Waals surface area contributed by atoms with Crippen LogP contribution in [-0.2, 0) is 17.6 Å². The van der Waals surface area contributed by atoms with Crippen LogP contribution >= 0.6 is 11.8 Å². The average molecular weight is 415 g/mol. The van der Waals surface area contributed by atoms with Gasteiger partial charge in [0.15, 0.2) is 5.65 Å². The van der Waals surface area contributed by atoms with Gasteiger partial charge < -0.3 is 5.32 Å². The molecule has 0 bridgehead atoms. The number of carbonyl (C=O) groups is 1. The van der Waals surface area contributed by atoms with Gasteiger partial charge in [-0.05, 0) is 54.3 Å². The number of thioether (sulfide) groups is 1. The van der Waals surface area contributed by atoms with Gasteiger partial charge in [0.1, 0.15) is 6.07 Å². The molecule has 0 aliphatic carbocycles. The van der Waals surface area contributed by atoms with Crippen molar-refractivity contribution >= 4 is 40.0 Å². The van der Waals surface area contributed by atoms with Crippen LogP contribution in [0.1, 0.15) is 30.5 Å². The van der Waals surface area contributed by atoms with Crippen LogP contribution in [-0.4, -0.2) is 21.0 Å². The maximum atomic E-state index is 12.5. The van der Waals surface area contributed by atoms with Crippen LogP contribution in [0.4, 0.5) is 5.69 Å². The van der Waals surface area contributed by atoms with E-state index in [2.05, 4.69) is 18.3 Å². The number of fused-ring (bicyclic) bond motifs is 3. The van der Waals surface area contributed by atoms with E-state index in [0.717, 1.165) is 40.2 Å². The monoisotopic (exact) mass is 414 g/mol. The maximum absolute atomic E-state index is 12.5. The summed E-state index contributed by atoms with van der Waals surface area (Å²) in [6.07, 6.45) is 1.70. The first-order valence-electron chi connectivity index (χ1n) is 9.99. The van der Waals surface area contributed by atoms with Crippen LogP contribution in [0.15, 0.2) is 59.6 Å². The second kappa shape index (κ2) is 8.60. The minimum absolute atomic E-state index is 0.0655. The Hall–Kier alpha value is -3.30. The van der Waals surface area contributed by atoms with Crippen LogP contribution in [0.25, 0.3) is 16.7 Å². The Labute approximate surface area is 179 Å². The topological polar surface area (TPSA) is 70.2 Å². The van der Waals surface area contributed by atoms with E-state index in [-0.39, 0.29) is 11.7 Å². The van der Waals surface area contributed by atoms with Gasteiger partial charge in [-0.15, -0.1) is 0 Å². The normalized spacial score (nSPS) is 11.0. The third-order valence-electron chi connectivity index (χ3n) is 5.11. The van der Waals surface area contributed by atoms with Gasteiger partial charge in [-0.2, -0.15) is 5.26 Å². The van der Waals surface area contributed by atoms with E-state index in [1.807, 2.05) is 65.9 Å². The summed E-state index contributed by atoms with van der Waals surface area (Å²) in [5.74, 6) is 0.205. The van der Waals surface area contributed by atoms with Crippen LogP contribution in [0.5, 0.6) is 0 Å². The van der Waals surface area contributed by atoms with E-state index in [1.54, 1.807) is 0 Å². The zero-order chi connectivity index (χ0) is 21.1. The fourth-order valence-corrected chi connectivity index (χ4v) is 4.40. The van der Waals surface area contributed by atoms with Gasteiger partial charge in [0.25, 0.3) is 0 Å². The molecule has 5 nitrogen and oxygen atoms in total. The summed E-state index contributed by atoms with van der Waals surface area (Å²) < 4.78 is 1.99. The van der Waals surface area contributed by atoms with E-state index in [1.165, 1.54) is 17.3 Å². The molecular weight excluding hydrogens is 392 g/mol. The van der Waals surface area contributed by atoms with Gasteiger partial charge in [0.05, 0.1) is 27.4 Å². The van der Waals surface area contributed by atoms with Gasteiger partial charge in [0.2, 0.25) is 5.91 Å². The number of hydrogen-bond donors (Lipinski definition) is 1. The Morgan fingerprint density at radius 3 is 2.60 bits per heavy atom. The number of hydrogen-bond acceptors (Lipinski definition) is 4. The van der Waals surface area contributed by atoms with Crippen LogP contribution < -0.4 is 5.32 Å². The molecule has 0 spiro atoms. The number of aromatic nitrogens is 2. The van der Waals surface area contributed by atoms with Crippen LogP contribution in [0.2, 0.25) is 0 Å². The Balaban J connectivity index is 1.64. The first kappa shape index (κ1) is 20.0. The summed E-state index contributed by atoms with van der Waals surface area (Å²) in [4.78, 5) is 17.2. The summed E-state index contributed by atoms with van der Waals surface area (Å²) in [5, 5.41) is 13.6. The minimum Gasteiger partial charge on any atom is -0.325 e. The third kappa shape index (κ3) is 3.77. The number of pyridine rings is 1. The number of nitriles is 1. The molecule has 4 rings (SSSR count). The number of para-hydroxylation sites is 2. The molecule has 0 fully saturated rings. The van der Waals surface area contributed by atoms with E-state index >= 15 is 0 Å². The zero-order valence-electron chi connectivity index (χ0n) is 17.0. The van der Waals surface area contributed by atoms with Crippen LogP contribution in [0, 0.1) is 11.3 Å². The summed E-state index contributed by atoms with van der Waals surface area (Å²) in [6, 6.07) is 20.1. The van der Waals surface area contributed by atoms with Gasteiger partial charge in [0, 0.05) is 5.69 Å². The number of amides is 1.